The van der Waals surface area contributed by atoms with Crippen molar-refractivity contribution in [2.75, 3.05) is 0 Å². The van der Waals surface area contributed by atoms with Crippen molar-refractivity contribution in [3.8, 4) is 0 Å². The molecule has 0 aliphatic heterocycles. The Morgan fingerprint density at radius 2 is 2.24 bits per heavy atom. The van der Waals surface area contributed by atoms with Crippen molar-refractivity contribution in [2.45, 2.75) is 33.0 Å². The number of aryl methyl sites for hydroxylation is 2. The second-order valence-electron chi connectivity index (χ2n) is 4.00. The number of hydrogen-bond acceptors (Lipinski definition) is 4. The molecular weight excluding hydrogens is 216 g/mol. The lowest BCUT2D eigenvalue weighted by molar-refractivity contribution is 0.503. The summed E-state index contributed by atoms with van der Waals surface area (Å²) in [5.74, 6) is 0. The number of nitrogens with one attached hydrogen (secondary N) is 1. The minimum absolute atomic E-state index is 0.249. The summed E-state index contributed by atoms with van der Waals surface area (Å²) in [5, 5.41) is 15.9. The minimum Gasteiger partial charge on any atom is -0.303 e. The van der Waals surface area contributed by atoms with Crippen LogP contribution in [0.25, 0.3) is 0 Å². The molecule has 1 atom stereocenters. The van der Waals surface area contributed by atoms with E-state index in [1.165, 1.54) is 5.69 Å². The zero-order chi connectivity index (χ0) is 12.3. The van der Waals surface area contributed by atoms with Crippen molar-refractivity contribution in [2.24, 2.45) is 7.05 Å². The molecule has 1 N–H and O–H groups in total. The summed E-state index contributed by atoms with van der Waals surface area (Å²) in [6.07, 6.45) is 3.61. The molecule has 0 fully saturated rings. The van der Waals surface area contributed by atoms with Gasteiger partial charge in [0, 0.05) is 32.4 Å². The molecular formula is C11H18N6. The van der Waals surface area contributed by atoms with E-state index in [1.54, 1.807) is 11.0 Å². The molecule has 2 aromatic rings. The lowest BCUT2D eigenvalue weighted by atomic mass is 10.2. The van der Waals surface area contributed by atoms with E-state index in [-0.39, 0.29) is 6.04 Å². The molecule has 0 saturated carbocycles. The Morgan fingerprint density at radius 1 is 1.41 bits per heavy atom. The van der Waals surface area contributed by atoms with Crippen molar-refractivity contribution >= 4 is 0 Å². The molecule has 0 aromatic carbocycles. The largest absolute Gasteiger partial charge is 0.303 e. The van der Waals surface area contributed by atoms with Gasteiger partial charge in [-0.1, -0.05) is 0 Å². The fourth-order valence-corrected chi connectivity index (χ4v) is 1.81. The first kappa shape index (κ1) is 11.8. The first-order valence-electron chi connectivity index (χ1n) is 5.81. The van der Waals surface area contributed by atoms with E-state index in [2.05, 4.69) is 34.5 Å². The van der Waals surface area contributed by atoms with E-state index in [9.17, 15) is 0 Å². The van der Waals surface area contributed by atoms with Crippen molar-refractivity contribution in [1.82, 2.24) is 30.1 Å². The van der Waals surface area contributed by atoms with Gasteiger partial charge in [0.1, 0.15) is 0 Å². The Bertz CT molecular complexity index is 472. The second-order valence-corrected chi connectivity index (χ2v) is 4.00. The normalized spacial score (nSPS) is 12.9. The summed E-state index contributed by atoms with van der Waals surface area (Å²) in [6.45, 7) is 5.81. The lowest BCUT2D eigenvalue weighted by Gasteiger charge is -2.14. The van der Waals surface area contributed by atoms with E-state index < -0.39 is 0 Å². The Kier molecular flexibility index (Phi) is 3.53. The average molecular weight is 234 g/mol. The molecule has 6 heteroatoms. The van der Waals surface area contributed by atoms with Gasteiger partial charge in [-0.05, 0) is 19.9 Å². The van der Waals surface area contributed by atoms with Gasteiger partial charge in [-0.15, -0.1) is 0 Å². The topological polar surface area (TPSA) is 60.6 Å². The van der Waals surface area contributed by atoms with Crippen LogP contribution in [-0.2, 0) is 20.1 Å². The molecule has 6 nitrogen and oxygen atoms in total. The second kappa shape index (κ2) is 5.09. The van der Waals surface area contributed by atoms with E-state index in [0.717, 1.165) is 12.2 Å². The van der Waals surface area contributed by atoms with Crippen LogP contribution >= 0.6 is 0 Å². The van der Waals surface area contributed by atoms with Gasteiger partial charge in [0.15, 0.2) is 0 Å². The van der Waals surface area contributed by atoms with E-state index >= 15 is 0 Å². The number of aromatic nitrogens is 5. The van der Waals surface area contributed by atoms with Crippen LogP contribution in [0.4, 0.5) is 0 Å². The first-order valence-corrected chi connectivity index (χ1v) is 5.81. The molecule has 0 bridgehead atoms. The van der Waals surface area contributed by atoms with Gasteiger partial charge in [0.2, 0.25) is 0 Å². The molecule has 0 spiro atoms. The minimum atomic E-state index is 0.249. The van der Waals surface area contributed by atoms with Crippen LogP contribution < -0.4 is 5.32 Å². The summed E-state index contributed by atoms with van der Waals surface area (Å²) in [5.41, 5.74) is 2.14. The van der Waals surface area contributed by atoms with Crippen LogP contribution in [0.2, 0.25) is 0 Å². The van der Waals surface area contributed by atoms with Gasteiger partial charge >= 0.3 is 0 Å². The zero-order valence-corrected chi connectivity index (χ0v) is 10.5. The molecule has 92 valence electrons. The SMILES string of the molecule is CCn1nccc1C(C)NCc1cnn(C)n1. The summed E-state index contributed by atoms with van der Waals surface area (Å²) in [6, 6.07) is 2.29. The number of hydrogen-bond donors (Lipinski definition) is 1. The lowest BCUT2D eigenvalue weighted by Crippen LogP contribution is -2.21. The smallest absolute Gasteiger partial charge is 0.0965 e. The third-order valence-corrected chi connectivity index (χ3v) is 2.73. The molecule has 2 rings (SSSR count). The molecule has 0 aliphatic rings. The highest BCUT2D eigenvalue weighted by Gasteiger charge is 2.10. The highest BCUT2D eigenvalue weighted by Crippen LogP contribution is 2.11. The molecule has 17 heavy (non-hydrogen) atoms. The van der Waals surface area contributed by atoms with Crippen LogP contribution in [-0.4, -0.2) is 24.8 Å². The molecule has 2 aromatic heterocycles. The predicted octanol–water partition coefficient (Wildman–Crippen LogP) is 0.882. The molecule has 0 radical (unpaired) electrons. The quantitative estimate of drug-likeness (QED) is 0.834. The number of nitrogens with zero attached hydrogens (tertiary/aromatic N) is 5. The molecule has 0 aliphatic carbocycles. The van der Waals surface area contributed by atoms with Gasteiger partial charge in [-0.25, -0.2) is 0 Å². The van der Waals surface area contributed by atoms with E-state index in [0.29, 0.717) is 6.54 Å². The summed E-state index contributed by atoms with van der Waals surface area (Å²) >= 11 is 0. The van der Waals surface area contributed by atoms with Gasteiger partial charge < -0.3 is 5.32 Å². The van der Waals surface area contributed by atoms with Crippen LogP contribution in [0.3, 0.4) is 0 Å². The molecule has 1 unspecified atom stereocenters. The molecule has 0 saturated heterocycles. The van der Waals surface area contributed by atoms with Gasteiger partial charge in [-0.3, -0.25) is 4.68 Å². The maximum absolute atomic E-state index is 4.26. The van der Waals surface area contributed by atoms with Crippen LogP contribution in [0.15, 0.2) is 18.5 Å². The Balaban J connectivity index is 1.95. The summed E-state index contributed by atoms with van der Waals surface area (Å²) in [7, 11) is 1.82. The predicted molar refractivity (Wildman–Crippen MR) is 64.2 cm³/mol. The Labute approximate surface area is 101 Å². The van der Waals surface area contributed by atoms with Crippen LogP contribution in [0, 0.1) is 0 Å². The number of rotatable bonds is 5. The summed E-state index contributed by atoms with van der Waals surface area (Å²) < 4.78 is 1.99. The van der Waals surface area contributed by atoms with Crippen molar-refractivity contribution < 1.29 is 0 Å². The van der Waals surface area contributed by atoms with Crippen LogP contribution in [0.5, 0.6) is 0 Å². The first-order chi connectivity index (χ1) is 8.20. The highest BCUT2D eigenvalue weighted by molar-refractivity contribution is 5.06. The van der Waals surface area contributed by atoms with Gasteiger partial charge in [0.25, 0.3) is 0 Å². The fourth-order valence-electron chi connectivity index (χ4n) is 1.81. The van der Waals surface area contributed by atoms with Gasteiger partial charge in [-0.2, -0.15) is 20.1 Å². The fraction of sp³-hybridized carbons (Fsp3) is 0.545. The van der Waals surface area contributed by atoms with E-state index in [4.69, 9.17) is 0 Å². The van der Waals surface area contributed by atoms with Gasteiger partial charge in [0.05, 0.1) is 17.6 Å². The summed E-state index contributed by atoms with van der Waals surface area (Å²) in [4.78, 5) is 1.57. The van der Waals surface area contributed by atoms with Crippen molar-refractivity contribution in [3.05, 3.63) is 29.8 Å². The Hall–Kier alpha value is -1.69. The highest BCUT2D eigenvalue weighted by atomic mass is 15.4. The molecule has 2 heterocycles. The van der Waals surface area contributed by atoms with Crippen molar-refractivity contribution in [3.63, 3.8) is 0 Å². The third-order valence-electron chi connectivity index (χ3n) is 2.73. The molecule has 0 amide bonds. The zero-order valence-electron chi connectivity index (χ0n) is 10.5. The monoisotopic (exact) mass is 234 g/mol. The van der Waals surface area contributed by atoms with Crippen molar-refractivity contribution in [1.29, 1.82) is 0 Å². The van der Waals surface area contributed by atoms with E-state index in [1.807, 2.05) is 24.0 Å². The Morgan fingerprint density at radius 3 is 2.88 bits per heavy atom. The maximum Gasteiger partial charge on any atom is 0.0965 e. The standard InChI is InChI=1S/C11H18N6/c1-4-17-11(5-6-13-17)9(2)12-7-10-8-14-16(3)15-10/h5-6,8-9,12H,4,7H2,1-3H3. The van der Waals surface area contributed by atoms with Crippen LogP contribution in [0.1, 0.15) is 31.3 Å². The third kappa shape index (κ3) is 2.71. The maximum atomic E-state index is 4.26. The average Bonchev–Trinajstić information content (AvgIpc) is 2.94.